The normalized spacial score (nSPS) is 10.6. The highest BCUT2D eigenvalue weighted by Crippen LogP contribution is 2.43. The van der Waals surface area contributed by atoms with Crippen molar-refractivity contribution in [1.29, 1.82) is 0 Å². The van der Waals surface area contributed by atoms with Gasteiger partial charge >= 0.3 is 11.9 Å². The van der Waals surface area contributed by atoms with Gasteiger partial charge in [0.1, 0.15) is 0 Å². The van der Waals surface area contributed by atoms with E-state index in [9.17, 15) is 9.59 Å². The average Bonchev–Trinajstić information content (AvgIpc) is 2.91. The Bertz CT molecular complexity index is 690. The van der Waals surface area contributed by atoms with E-state index in [0.717, 1.165) is 28.5 Å². The fourth-order valence-corrected chi connectivity index (χ4v) is 5.37. The van der Waals surface area contributed by atoms with Gasteiger partial charge in [-0.3, -0.25) is 9.59 Å². The first-order valence-corrected chi connectivity index (χ1v) is 8.98. The van der Waals surface area contributed by atoms with Gasteiger partial charge in [0.15, 0.2) is 0 Å². The number of halogens is 2. The number of carboxylic acid groups (broad SMARTS) is 1. The summed E-state index contributed by atoms with van der Waals surface area (Å²) < 4.78 is 6.46. The van der Waals surface area contributed by atoms with Gasteiger partial charge in [-0.05, 0) is 55.1 Å². The lowest BCUT2D eigenvalue weighted by Crippen LogP contribution is -2.04. The largest absolute Gasteiger partial charge is 0.481 e. The number of thiophene rings is 2. The number of carboxylic acids is 1. The van der Waals surface area contributed by atoms with Gasteiger partial charge in [0, 0.05) is 9.75 Å². The van der Waals surface area contributed by atoms with Crippen LogP contribution in [0.5, 0.6) is 0 Å². The van der Waals surface area contributed by atoms with Crippen LogP contribution >= 0.6 is 54.5 Å². The number of rotatable bonds is 5. The molecule has 0 unspecified atom stereocenters. The molecular weight excluding hydrogens is 444 g/mol. The lowest BCUT2D eigenvalue weighted by Gasteiger charge is -2.03. The second-order valence-corrected chi connectivity index (χ2v) is 9.00. The van der Waals surface area contributed by atoms with Gasteiger partial charge in [0.25, 0.3) is 0 Å². The Balaban J connectivity index is 2.46. The first-order valence-electron chi connectivity index (χ1n) is 5.76. The Kier molecular flexibility index (Phi) is 5.59. The van der Waals surface area contributed by atoms with Crippen LogP contribution in [-0.2, 0) is 27.2 Å². The van der Waals surface area contributed by atoms with Crippen molar-refractivity contribution in [1.82, 2.24) is 0 Å². The minimum atomic E-state index is -0.883. The van der Waals surface area contributed by atoms with E-state index < -0.39 is 5.97 Å². The molecule has 8 heteroatoms. The van der Waals surface area contributed by atoms with Crippen molar-refractivity contribution < 1.29 is 19.4 Å². The fourth-order valence-electron chi connectivity index (χ4n) is 1.83. The van der Waals surface area contributed by atoms with Crippen molar-refractivity contribution in [3.8, 4) is 9.75 Å². The molecule has 0 atom stereocenters. The zero-order valence-electron chi connectivity index (χ0n) is 10.8. The highest BCUT2D eigenvalue weighted by Gasteiger charge is 2.20. The monoisotopic (exact) mass is 452 g/mol. The summed E-state index contributed by atoms with van der Waals surface area (Å²) in [5, 5.41) is 9.01. The van der Waals surface area contributed by atoms with E-state index in [1.165, 1.54) is 29.8 Å². The SMILES string of the molecule is COC(=O)Cc1cc(Br)sc1-c1sc(Br)cc1CC(=O)O. The Morgan fingerprint density at radius 2 is 1.57 bits per heavy atom. The minimum Gasteiger partial charge on any atom is -0.481 e. The van der Waals surface area contributed by atoms with E-state index in [1.807, 2.05) is 12.1 Å². The van der Waals surface area contributed by atoms with Gasteiger partial charge in [-0.1, -0.05) is 0 Å². The highest BCUT2D eigenvalue weighted by molar-refractivity contribution is 9.11. The second kappa shape index (κ2) is 7.04. The molecule has 0 saturated carbocycles. The maximum atomic E-state index is 11.5. The van der Waals surface area contributed by atoms with Gasteiger partial charge in [-0.2, -0.15) is 0 Å². The molecule has 0 saturated heterocycles. The summed E-state index contributed by atoms with van der Waals surface area (Å²) in [5.74, 6) is -1.20. The number of hydrogen-bond acceptors (Lipinski definition) is 5. The molecule has 2 heterocycles. The Morgan fingerprint density at radius 1 is 1.10 bits per heavy atom. The fraction of sp³-hybridized carbons (Fsp3) is 0.231. The summed E-state index contributed by atoms with van der Waals surface area (Å²) in [5.41, 5.74) is 1.57. The lowest BCUT2D eigenvalue weighted by molar-refractivity contribution is -0.140. The van der Waals surface area contributed by atoms with Crippen molar-refractivity contribution in [2.24, 2.45) is 0 Å². The van der Waals surface area contributed by atoms with Crippen LogP contribution in [-0.4, -0.2) is 24.2 Å². The molecule has 4 nitrogen and oxygen atoms in total. The quantitative estimate of drug-likeness (QED) is 0.683. The van der Waals surface area contributed by atoms with Gasteiger partial charge in [0.05, 0.1) is 27.5 Å². The number of carbonyl (C=O) groups is 2. The predicted octanol–water partition coefficient (Wildman–Crippen LogP) is 4.34. The number of carbonyl (C=O) groups excluding carboxylic acids is 1. The third-order valence-corrected chi connectivity index (χ3v) is 6.19. The number of ether oxygens (including phenoxy) is 1. The second-order valence-electron chi connectivity index (χ2n) is 4.13. The van der Waals surface area contributed by atoms with E-state index in [4.69, 9.17) is 9.84 Å². The standard InChI is InChI=1S/C13H10Br2O4S2/c1-19-11(18)5-7-3-9(15)21-13(7)12-6(4-10(16)17)2-8(14)20-12/h2-3H,4-5H2,1H3,(H,16,17). The highest BCUT2D eigenvalue weighted by atomic mass is 79.9. The Morgan fingerprint density at radius 3 is 2.00 bits per heavy atom. The Labute approximate surface area is 146 Å². The van der Waals surface area contributed by atoms with Crippen molar-refractivity contribution in [2.45, 2.75) is 12.8 Å². The van der Waals surface area contributed by atoms with Crippen LogP contribution in [0, 0.1) is 0 Å². The molecule has 0 aliphatic carbocycles. The van der Waals surface area contributed by atoms with Gasteiger partial charge < -0.3 is 9.84 Å². The van der Waals surface area contributed by atoms with E-state index in [-0.39, 0.29) is 18.8 Å². The number of methoxy groups -OCH3 is 1. The first-order chi connectivity index (χ1) is 9.90. The molecule has 2 aromatic heterocycles. The van der Waals surface area contributed by atoms with Crippen LogP contribution in [0.3, 0.4) is 0 Å². The van der Waals surface area contributed by atoms with Crippen LogP contribution in [0.4, 0.5) is 0 Å². The third-order valence-electron chi connectivity index (χ3n) is 2.67. The maximum absolute atomic E-state index is 11.5. The minimum absolute atomic E-state index is 0.0510. The topological polar surface area (TPSA) is 63.6 Å². The smallest absolute Gasteiger partial charge is 0.310 e. The van der Waals surface area contributed by atoms with Crippen molar-refractivity contribution >= 4 is 66.5 Å². The van der Waals surface area contributed by atoms with Gasteiger partial charge in [-0.15, -0.1) is 22.7 Å². The molecule has 0 radical (unpaired) electrons. The Hall–Kier alpha value is -0.700. The van der Waals surface area contributed by atoms with Crippen molar-refractivity contribution in [2.75, 3.05) is 7.11 Å². The van der Waals surface area contributed by atoms with Crippen LogP contribution in [0.15, 0.2) is 19.7 Å². The van der Waals surface area contributed by atoms with Crippen LogP contribution in [0.2, 0.25) is 0 Å². The number of esters is 1. The molecule has 0 aliphatic heterocycles. The molecule has 0 amide bonds. The number of aliphatic carboxylic acids is 1. The summed E-state index contributed by atoms with van der Waals surface area (Å²) in [6, 6.07) is 3.68. The lowest BCUT2D eigenvalue weighted by atomic mass is 10.1. The van der Waals surface area contributed by atoms with E-state index in [1.54, 1.807) is 0 Å². The van der Waals surface area contributed by atoms with Crippen LogP contribution < -0.4 is 0 Å². The maximum Gasteiger partial charge on any atom is 0.310 e. The zero-order chi connectivity index (χ0) is 15.6. The van der Waals surface area contributed by atoms with Gasteiger partial charge in [-0.25, -0.2) is 0 Å². The summed E-state index contributed by atoms with van der Waals surface area (Å²) in [4.78, 5) is 24.3. The van der Waals surface area contributed by atoms with Crippen molar-refractivity contribution in [3.63, 3.8) is 0 Å². The summed E-state index contributed by atoms with van der Waals surface area (Å²) >= 11 is 9.75. The molecule has 112 valence electrons. The summed E-state index contributed by atoms with van der Waals surface area (Å²) in [7, 11) is 1.35. The van der Waals surface area contributed by atoms with Crippen molar-refractivity contribution in [3.05, 3.63) is 30.8 Å². The van der Waals surface area contributed by atoms with Crippen LogP contribution in [0.25, 0.3) is 9.75 Å². The molecule has 0 aliphatic rings. The average molecular weight is 454 g/mol. The molecular formula is C13H10Br2O4S2. The molecule has 1 N–H and O–H groups in total. The van der Waals surface area contributed by atoms with E-state index in [0.29, 0.717) is 0 Å². The molecule has 21 heavy (non-hydrogen) atoms. The molecule has 0 bridgehead atoms. The molecule has 0 aromatic carbocycles. The van der Waals surface area contributed by atoms with Gasteiger partial charge in [0.2, 0.25) is 0 Å². The van der Waals surface area contributed by atoms with E-state index in [2.05, 4.69) is 31.9 Å². The molecule has 2 rings (SSSR count). The van der Waals surface area contributed by atoms with E-state index >= 15 is 0 Å². The predicted molar refractivity (Wildman–Crippen MR) is 90.1 cm³/mol. The summed E-state index contributed by atoms with van der Waals surface area (Å²) in [6.07, 6.45) is 0.112. The third kappa shape index (κ3) is 4.15. The zero-order valence-corrected chi connectivity index (χ0v) is 15.6. The van der Waals surface area contributed by atoms with Crippen LogP contribution in [0.1, 0.15) is 11.1 Å². The number of hydrogen-bond donors (Lipinski definition) is 1. The molecule has 0 spiro atoms. The molecule has 2 aromatic rings. The molecule has 0 fully saturated rings. The first kappa shape index (κ1) is 16.7. The summed E-state index contributed by atoms with van der Waals surface area (Å²) in [6.45, 7) is 0.